The molecule has 0 spiro atoms. The Hall–Kier alpha value is -1.25. The highest BCUT2D eigenvalue weighted by molar-refractivity contribution is 8.01. The van der Waals surface area contributed by atoms with E-state index in [1.807, 2.05) is 24.9 Å². The van der Waals surface area contributed by atoms with Crippen molar-refractivity contribution in [3.63, 3.8) is 0 Å². The molecule has 2 unspecified atom stereocenters. The van der Waals surface area contributed by atoms with Crippen LogP contribution in [0.5, 0.6) is 0 Å². The van der Waals surface area contributed by atoms with Gasteiger partial charge in [-0.25, -0.2) is 9.97 Å². The fraction of sp³-hybridized carbons (Fsp3) is 0.714. The van der Waals surface area contributed by atoms with Gasteiger partial charge in [0.15, 0.2) is 4.34 Å². The normalized spacial score (nSPS) is 22.8. The van der Waals surface area contributed by atoms with Crippen LogP contribution in [0.25, 0.3) is 0 Å². The van der Waals surface area contributed by atoms with E-state index in [4.69, 9.17) is 4.98 Å². The Bertz CT molecular complexity index is 809. The van der Waals surface area contributed by atoms with Crippen molar-refractivity contribution in [2.45, 2.75) is 50.8 Å². The van der Waals surface area contributed by atoms with Gasteiger partial charge in [0.25, 0.3) is 0 Å². The molecule has 6 nitrogen and oxygen atoms in total. The molecule has 2 atom stereocenters. The molecule has 0 radical (unpaired) electrons. The van der Waals surface area contributed by atoms with Crippen molar-refractivity contribution in [2.75, 3.05) is 43.4 Å². The molecule has 2 aliphatic rings. The highest BCUT2D eigenvalue weighted by atomic mass is 32.2. The van der Waals surface area contributed by atoms with E-state index in [9.17, 15) is 0 Å². The maximum absolute atomic E-state index is 4.94. The zero-order valence-corrected chi connectivity index (χ0v) is 19.6. The third kappa shape index (κ3) is 5.47. The molecule has 2 aromatic heterocycles. The highest BCUT2D eigenvalue weighted by Crippen LogP contribution is 2.55. The van der Waals surface area contributed by atoms with Gasteiger partial charge in [0.05, 0.1) is 0 Å². The molecule has 1 saturated carbocycles. The lowest BCUT2D eigenvalue weighted by Gasteiger charge is -2.35. The molecule has 29 heavy (non-hydrogen) atoms. The van der Waals surface area contributed by atoms with Crippen LogP contribution in [0.1, 0.15) is 50.4 Å². The fourth-order valence-corrected chi connectivity index (χ4v) is 5.95. The molecule has 3 heterocycles. The van der Waals surface area contributed by atoms with Crippen molar-refractivity contribution in [3.8, 4) is 0 Å². The van der Waals surface area contributed by atoms with Crippen LogP contribution < -0.4 is 4.90 Å². The van der Waals surface area contributed by atoms with Crippen molar-refractivity contribution in [2.24, 2.45) is 11.3 Å². The Balaban J connectivity index is 1.21. The summed E-state index contributed by atoms with van der Waals surface area (Å²) in [5.41, 5.74) is 0.350. The number of hydrogen-bond acceptors (Lipinski definition) is 8. The fourth-order valence-electron chi connectivity index (χ4n) is 4.14. The topological polar surface area (TPSA) is 58.0 Å². The van der Waals surface area contributed by atoms with Gasteiger partial charge in [0, 0.05) is 44.0 Å². The van der Waals surface area contributed by atoms with E-state index < -0.39 is 0 Å². The molecule has 4 rings (SSSR count). The van der Waals surface area contributed by atoms with Gasteiger partial charge in [0.1, 0.15) is 16.6 Å². The number of hydrogen-bond donors (Lipinski definition) is 0. The van der Waals surface area contributed by atoms with Gasteiger partial charge >= 0.3 is 0 Å². The van der Waals surface area contributed by atoms with Crippen molar-refractivity contribution >= 4 is 28.9 Å². The molecule has 8 heteroatoms. The zero-order chi connectivity index (χ0) is 20.4. The first-order valence-corrected chi connectivity index (χ1v) is 12.4. The third-order valence-electron chi connectivity index (χ3n) is 5.94. The molecule has 158 valence electrons. The average Bonchev–Trinajstić information content (AvgIpc) is 3.42. The van der Waals surface area contributed by atoms with Crippen molar-refractivity contribution < 1.29 is 0 Å². The van der Waals surface area contributed by atoms with Crippen LogP contribution in [0.15, 0.2) is 16.6 Å². The maximum Gasteiger partial charge on any atom is 0.174 e. The van der Waals surface area contributed by atoms with Gasteiger partial charge in [-0.05, 0) is 43.7 Å². The lowest BCUT2D eigenvalue weighted by atomic mass is 9.89. The number of aryl methyl sites for hydroxylation is 1. The number of piperazine rings is 1. The van der Waals surface area contributed by atoms with E-state index in [1.165, 1.54) is 12.8 Å². The summed E-state index contributed by atoms with van der Waals surface area (Å²) in [7, 11) is 0. The summed E-state index contributed by atoms with van der Waals surface area (Å²) in [5, 5.41) is 9.31. The minimum Gasteiger partial charge on any atom is -0.354 e. The van der Waals surface area contributed by atoms with E-state index in [1.54, 1.807) is 11.3 Å². The summed E-state index contributed by atoms with van der Waals surface area (Å²) in [4.78, 5) is 14.5. The largest absolute Gasteiger partial charge is 0.354 e. The second-order valence-electron chi connectivity index (χ2n) is 9.21. The van der Waals surface area contributed by atoms with Gasteiger partial charge < -0.3 is 4.90 Å². The Morgan fingerprint density at radius 3 is 2.62 bits per heavy atom. The molecular weight excluding hydrogens is 400 g/mol. The zero-order valence-electron chi connectivity index (χ0n) is 18.0. The van der Waals surface area contributed by atoms with E-state index in [2.05, 4.69) is 51.8 Å². The van der Waals surface area contributed by atoms with E-state index in [0.717, 1.165) is 65.4 Å². The summed E-state index contributed by atoms with van der Waals surface area (Å²) in [6, 6.07) is 2.08. The van der Waals surface area contributed by atoms with Gasteiger partial charge in [0.2, 0.25) is 0 Å². The molecule has 0 aromatic carbocycles. The molecule has 0 bridgehead atoms. The van der Waals surface area contributed by atoms with E-state index >= 15 is 0 Å². The van der Waals surface area contributed by atoms with Crippen LogP contribution in [0.4, 0.5) is 5.82 Å². The van der Waals surface area contributed by atoms with E-state index in [0.29, 0.717) is 11.3 Å². The second-order valence-corrected chi connectivity index (χ2v) is 11.7. The molecule has 1 aliphatic heterocycles. The Morgan fingerprint density at radius 2 is 1.97 bits per heavy atom. The van der Waals surface area contributed by atoms with Crippen LogP contribution in [-0.4, -0.2) is 63.5 Å². The van der Waals surface area contributed by atoms with Gasteiger partial charge in [-0.2, -0.15) is 0 Å². The minimum atomic E-state index is 0.350. The van der Waals surface area contributed by atoms with Crippen molar-refractivity contribution in [1.29, 1.82) is 0 Å². The molecule has 2 fully saturated rings. The standard InChI is InChI=1S/C21H32N6S2/c1-15-24-25-20(29-15)28-13-5-8-26-9-11-27(12-10-26)18-6-7-22-19(23-18)16-14-17(16)21(2,3)4/h6-7,16-17H,5,8-14H2,1-4H3. The van der Waals surface area contributed by atoms with Gasteiger partial charge in [-0.15, -0.1) is 10.2 Å². The first kappa shape index (κ1) is 21.0. The number of anilines is 1. The highest BCUT2D eigenvalue weighted by Gasteiger charge is 2.47. The maximum atomic E-state index is 4.94. The number of nitrogens with zero attached hydrogens (tertiary/aromatic N) is 6. The van der Waals surface area contributed by atoms with Crippen LogP contribution in [0, 0.1) is 18.3 Å². The molecule has 2 aromatic rings. The van der Waals surface area contributed by atoms with Crippen molar-refractivity contribution in [3.05, 3.63) is 23.1 Å². The smallest absolute Gasteiger partial charge is 0.174 e. The summed E-state index contributed by atoms with van der Waals surface area (Å²) in [5.74, 6) is 4.53. The SMILES string of the molecule is Cc1nnc(SCCCN2CCN(c3ccnc(C4CC4C(C)(C)C)n3)CC2)s1. The van der Waals surface area contributed by atoms with Crippen LogP contribution >= 0.6 is 23.1 Å². The first-order chi connectivity index (χ1) is 13.9. The monoisotopic (exact) mass is 432 g/mol. The number of aromatic nitrogens is 4. The summed E-state index contributed by atoms with van der Waals surface area (Å²) in [6.45, 7) is 14.5. The van der Waals surface area contributed by atoms with Gasteiger partial charge in [-0.1, -0.05) is 43.9 Å². The first-order valence-electron chi connectivity index (χ1n) is 10.6. The van der Waals surface area contributed by atoms with Crippen LogP contribution in [0.3, 0.4) is 0 Å². The van der Waals surface area contributed by atoms with Crippen LogP contribution in [-0.2, 0) is 0 Å². The number of thioether (sulfide) groups is 1. The second kappa shape index (κ2) is 8.86. The Labute approximate surface area is 182 Å². The average molecular weight is 433 g/mol. The van der Waals surface area contributed by atoms with Crippen LogP contribution in [0.2, 0.25) is 0 Å². The summed E-state index contributed by atoms with van der Waals surface area (Å²) in [6.07, 6.45) is 4.38. The van der Waals surface area contributed by atoms with Gasteiger partial charge in [-0.3, -0.25) is 4.90 Å². The Morgan fingerprint density at radius 1 is 1.17 bits per heavy atom. The lowest BCUT2D eigenvalue weighted by Crippen LogP contribution is -2.47. The minimum absolute atomic E-state index is 0.350. The molecule has 1 aliphatic carbocycles. The quantitative estimate of drug-likeness (QED) is 0.482. The Kier molecular flexibility index (Phi) is 6.41. The summed E-state index contributed by atoms with van der Waals surface area (Å²) < 4.78 is 1.09. The molecular formula is C21H32N6S2. The predicted molar refractivity (Wildman–Crippen MR) is 121 cm³/mol. The lowest BCUT2D eigenvalue weighted by molar-refractivity contribution is 0.258. The van der Waals surface area contributed by atoms with E-state index in [-0.39, 0.29) is 0 Å². The van der Waals surface area contributed by atoms with Crippen molar-refractivity contribution in [1.82, 2.24) is 25.1 Å². The number of rotatable bonds is 7. The third-order valence-corrected chi connectivity index (χ3v) is 8.00. The molecule has 0 N–H and O–H groups in total. The predicted octanol–water partition coefficient (Wildman–Crippen LogP) is 4.09. The summed E-state index contributed by atoms with van der Waals surface area (Å²) >= 11 is 3.52. The molecule has 1 saturated heterocycles. The molecule has 0 amide bonds.